The second-order valence-corrected chi connectivity index (χ2v) is 7.46. The summed E-state index contributed by atoms with van der Waals surface area (Å²) in [5.74, 6) is 1.98. The lowest BCUT2D eigenvalue weighted by molar-refractivity contribution is 0.0613. The summed E-state index contributed by atoms with van der Waals surface area (Å²) in [5, 5.41) is 3.95. The van der Waals surface area contributed by atoms with Crippen LogP contribution in [-0.4, -0.2) is 11.6 Å². The van der Waals surface area contributed by atoms with Crippen molar-refractivity contribution in [2.75, 3.05) is 0 Å². The Morgan fingerprint density at radius 3 is 2.86 bits per heavy atom. The molecule has 3 rings (SSSR count). The number of rotatable bonds is 3. The van der Waals surface area contributed by atoms with Gasteiger partial charge in [-0.05, 0) is 38.7 Å². The van der Waals surface area contributed by atoms with Gasteiger partial charge in [-0.15, -0.1) is 0 Å². The van der Waals surface area contributed by atoms with Crippen molar-refractivity contribution in [1.82, 2.24) is 5.32 Å². The molecule has 0 bridgehead atoms. The minimum atomic E-state index is -0.0785. The van der Waals surface area contributed by atoms with Gasteiger partial charge in [0.1, 0.15) is 11.4 Å². The van der Waals surface area contributed by atoms with Crippen molar-refractivity contribution in [2.45, 2.75) is 77.0 Å². The Labute approximate surface area is 129 Å². The van der Waals surface area contributed by atoms with Crippen LogP contribution in [0.3, 0.4) is 0 Å². The molecule has 116 valence electrons. The maximum Gasteiger partial charge on any atom is 0.124 e. The van der Waals surface area contributed by atoms with Crippen LogP contribution in [0.1, 0.15) is 70.9 Å². The van der Waals surface area contributed by atoms with Crippen molar-refractivity contribution in [1.29, 1.82) is 0 Å². The third kappa shape index (κ3) is 3.42. The van der Waals surface area contributed by atoms with Gasteiger partial charge in [0.05, 0.1) is 0 Å². The van der Waals surface area contributed by atoms with Crippen LogP contribution in [0.15, 0.2) is 24.3 Å². The summed E-state index contributed by atoms with van der Waals surface area (Å²) in [6, 6.07) is 9.65. The zero-order valence-electron chi connectivity index (χ0n) is 13.7. The lowest BCUT2D eigenvalue weighted by Crippen LogP contribution is -2.44. The van der Waals surface area contributed by atoms with Crippen molar-refractivity contribution < 1.29 is 4.74 Å². The van der Waals surface area contributed by atoms with E-state index in [-0.39, 0.29) is 5.60 Å². The normalized spacial score (nSPS) is 31.3. The first kappa shape index (κ1) is 14.9. The van der Waals surface area contributed by atoms with Crippen LogP contribution >= 0.6 is 0 Å². The molecule has 1 fully saturated rings. The Bertz CT molecular complexity index is 482. The number of benzene rings is 1. The molecule has 2 nitrogen and oxygen atoms in total. The lowest BCUT2D eigenvalue weighted by Gasteiger charge is -2.40. The number of para-hydroxylation sites is 1. The minimum absolute atomic E-state index is 0.0785. The Morgan fingerprint density at radius 2 is 2.05 bits per heavy atom. The van der Waals surface area contributed by atoms with E-state index in [1.54, 1.807) is 0 Å². The van der Waals surface area contributed by atoms with E-state index >= 15 is 0 Å². The Hall–Kier alpha value is -1.02. The summed E-state index contributed by atoms with van der Waals surface area (Å²) >= 11 is 0. The molecule has 0 saturated heterocycles. The molecular weight excluding hydrogens is 258 g/mol. The van der Waals surface area contributed by atoms with Gasteiger partial charge in [0, 0.05) is 24.1 Å². The van der Waals surface area contributed by atoms with Crippen LogP contribution in [0.2, 0.25) is 0 Å². The van der Waals surface area contributed by atoms with Crippen molar-refractivity contribution in [2.24, 2.45) is 5.92 Å². The van der Waals surface area contributed by atoms with Gasteiger partial charge in [0.25, 0.3) is 0 Å². The van der Waals surface area contributed by atoms with E-state index in [1.807, 2.05) is 0 Å². The first-order valence-corrected chi connectivity index (χ1v) is 8.61. The molecule has 1 aromatic rings. The topological polar surface area (TPSA) is 21.3 Å². The zero-order valence-corrected chi connectivity index (χ0v) is 13.7. The Balaban J connectivity index is 1.75. The molecule has 1 aliphatic heterocycles. The maximum absolute atomic E-state index is 6.14. The predicted molar refractivity (Wildman–Crippen MR) is 87.7 cm³/mol. The van der Waals surface area contributed by atoms with Crippen LogP contribution in [0, 0.1) is 5.92 Å². The summed E-state index contributed by atoms with van der Waals surface area (Å²) in [4.78, 5) is 0. The third-order valence-corrected chi connectivity index (χ3v) is 5.17. The van der Waals surface area contributed by atoms with Gasteiger partial charge in [0.2, 0.25) is 0 Å². The van der Waals surface area contributed by atoms with Crippen molar-refractivity contribution in [3.8, 4) is 5.75 Å². The molecule has 2 aliphatic rings. The highest BCUT2D eigenvalue weighted by Crippen LogP contribution is 2.40. The van der Waals surface area contributed by atoms with Gasteiger partial charge in [-0.2, -0.15) is 0 Å². The number of hydrogen-bond donors (Lipinski definition) is 1. The number of hydrogen-bond acceptors (Lipinski definition) is 2. The number of fused-ring (bicyclic) bond motifs is 1. The van der Waals surface area contributed by atoms with Gasteiger partial charge in [-0.25, -0.2) is 0 Å². The quantitative estimate of drug-likeness (QED) is 0.858. The molecule has 1 aromatic carbocycles. The fourth-order valence-electron chi connectivity index (χ4n) is 4.05. The summed E-state index contributed by atoms with van der Waals surface area (Å²) in [5.41, 5.74) is 1.26. The third-order valence-electron chi connectivity index (χ3n) is 5.17. The Kier molecular flexibility index (Phi) is 4.26. The molecule has 1 aliphatic carbocycles. The standard InChI is InChI=1S/C19H29NO/c1-4-14-8-7-9-15(12-14)20-17-13-19(2,3)21-18-11-6-5-10-16(17)18/h5-6,10-11,14-15,17,20H,4,7-9,12-13H2,1-3H3. The molecule has 0 aromatic heterocycles. The lowest BCUT2D eigenvalue weighted by atomic mass is 9.82. The first-order chi connectivity index (χ1) is 10.1. The fourth-order valence-corrected chi connectivity index (χ4v) is 4.05. The Morgan fingerprint density at radius 1 is 1.24 bits per heavy atom. The summed E-state index contributed by atoms with van der Waals surface area (Å²) in [6.45, 7) is 6.74. The molecule has 1 saturated carbocycles. The summed E-state index contributed by atoms with van der Waals surface area (Å²) in [6.07, 6.45) is 7.85. The zero-order chi connectivity index (χ0) is 14.9. The smallest absolute Gasteiger partial charge is 0.124 e. The van der Waals surface area contributed by atoms with Crippen LogP contribution in [0.5, 0.6) is 5.75 Å². The molecule has 0 radical (unpaired) electrons. The number of ether oxygens (including phenoxy) is 1. The van der Waals surface area contributed by atoms with Crippen LogP contribution in [0.25, 0.3) is 0 Å². The predicted octanol–water partition coefficient (Wildman–Crippen LogP) is 4.85. The molecule has 0 amide bonds. The van der Waals surface area contributed by atoms with Gasteiger partial charge < -0.3 is 10.1 Å². The van der Waals surface area contributed by atoms with Crippen LogP contribution < -0.4 is 10.1 Å². The van der Waals surface area contributed by atoms with E-state index in [9.17, 15) is 0 Å². The van der Waals surface area contributed by atoms with Crippen LogP contribution in [0.4, 0.5) is 0 Å². The molecule has 2 heteroatoms. The SMILES string of the molecule is CCC1CCCC(NC2CC(C)(C)Oc3ccccc32)C1. The summed E-state index contributed by atoms with van der Waals surface area (Å²) in [7, 11) is 0. The van der Waals surface area contributed by atoms with E-state index in [0.29, 0.717) is 12.1 Å². The molecule has 0 spiro atoms. The van der Waals surface area contributed by atoms with Gasteiger partial charge >= 0.3 is 0 Å². The molecule has 1 heterocycles. The van der Waals surface area contributed by atoms with E-state index in [2.05, 4.69) is 50.4 Å². The molecule has 21 heavy (non-hydrogen) atoms. The fraction of sp³-hybridized carbons (Fsp3) is 0.684. The minimum Gasteiger partial charge on any atom is -0.487 e. The highest BCUT2D eigenvalue weighted by molar-refractivity contribution is 5.38. The number of nitrogens with one attached hydrogen (secondary N) is 1. The van der Waals surface area contributed by atoms with Gasteiger partial charge in [0.15, 0.2) is 0 Å². The second kappa shape index (κ2) is 6.00. The van der Waals surface area contributed by atoms with Crippen molar-refractivity contribution >= 4 is 0 Å². The van der Waals surface area contributed by atoms with E-state index in [1.165, 1.54) is 37.7 Å². The van der Waals surface area contributed by atoms with Crippen LogP contribution in [-0.2, 0) is 0 Å². The molecule has 3 atom stereocenters. The van der Waals surface area contributed by atoms with E-state index < -0.39 is 0 Å². The largest absolute Gasteiger partial charge is 0.487 e. The summed E-state index contributed by atoms with van der Waals surface area (Å²) < 4.78 is 6.14. The maximum atomic E-state index is 6.14. The van der Waals surface area contributed by atoms with E-state index in [0.717, 1.165) is 18.1 Å². The molecule has 3 unspecified atom stereocenters. The highest BCUT2D eigenvalue weighted by atomic mass is 16.5. The molecular formula is C19H29NO. The second-order valence-electron chi connectivity index (χ2n) is 7.46. The van der Waals surface area contributed by atoms with Crippen molar-refractivity contribution in [3.63, 3.8) is 0 Å². The average Bonchev–Trinajstić information content (AvgIpc) is 2.46. The van der Waals surface area contributed by atoms with Gasteiger partial charge in [-0.3, -0.25) is 0 Å². The first-order valence-electron chi connectivity index (χ1n) is 8.61. The highest BCUT2D eigenvalue weighted by Gasteiger charge is 2.35. The van der Waals surface area contributed by atoms with Gasteiger partial charge in [-0.1, -0.05) is 44.4 Å². The average molecular weight is 287 g/mol. The van der Waals surface area contributed by atoms with E-state index in [4.69, 9.17) is 4.74 Å². The molecule has 1 N–H and O–H groups in total. The monoisotopic (exact) mass is 287 g/mol. The van der Waals surface area contributed by atoms with Crippen molar-refractivity contribution in [3.05, 3.63) is 29.8 Å².